The molecule has 3 N–H and O–H groups in total. The fourth-order valence-corrected chi connectivity index (χ4v) is 3.36. The van der Waals surface area contributed by atoms with Crippen LogP contribution in [0.25, 0.3) is 0 Å². The third-order valence-electron chi connectivity index (χ3n) is 4.80. The van der Waals surface area contributed by atoms with E-state index in [0.717, 1.165) is 19.5 Å². The summed E-state index contributed by atoms with van der Waals surface area (Å²) in [5.41, 5.74) is 1.32. The largest absolute Gasteiger partial charge is 0.493 e. The first-order chi connectivity index (χ1) is 14.9. The van der Waals surface area contributed by atoms with Crippen molar-refractivity contribution in [3.63, 3.8) is 0 Å². The van der Waals surface area contributed by atoms with Crippen molar-refractivity contribution in [1.82, 2.24) is 5.32 Å². The molecule has 7 nitrogen and oxygen atoms in total. The Balaban J connectivity index is 0.000000366. The lowest BCUT2D eigenvalue weighted by Gasteiger charge is -2.32. The van der Waals surface area contributed by atoms with Gasteiger partial charge in [0.15, 0.2) is 17.3 Å². The van der Waals surface area contributed by atoms with Gasteiger partial charge in [0, 0.05) is 24.6 Å². The van der Waals surface area contributed by atoms with Crippen LogP contribution in [-0.4, -0.2) is 49.0 Å². The lowest BCUT2D eigenvalue weighted by atomic mass is 9.81. The Kier molecular flexibility index (Phi) is 9.51. The fourth-order valence-electron chi connectivity index (χ4n) is 3.36. The summed E-state index contributed by atoms with van der Waals surface area (Å²) in [6.45, 7) is 2.33. The van der Waals surface area contributed by atoms with E-state index >= 15 is 0 Å². The monoisotopic (exact) mass is 431 g/mol. The summed E-state index contributed by atoms with van der Waals surface area (Å²) in [6, 6.07) is 15.2. The number of benzene rings is 2. The van der Waals surface area contributed by atoms with Gasteiger partial charge in [-0.15, -0.1) is 0 Å². The number of carboxylic acids is 2. The molecule has 0 aliphatic carbocycles. The predicted molar refractivity (Wildman–Crippen MR) is 113 cm³/mol. The molecule has 3 rings (SSSR count). The number of halogens is 1. The zero-order valence-electron chi connectivity index (χ0n) is 17.2. The molecular formula is C23H26FNO6. The van der Waals surface area contributed by atoms with E-state index in [1.807, 2.05) is 6.07 Å². The summed E-state index contributed by atoms with van der Waals surface area (Å²) in [5.74, 6) is -1.53. The van der Waals surface area contributed by atoms with Crippen molar-refractivity contribution in [2.24, 2.45) is 5.92 Å². The van der Waals surface area contributed by atoms with Crippen LogP contribution in [0.3, 0.4) is 0 Å². The molecule has 2 aromatic rings. The summed E-state index contributed by atoms with van der Waals surface area (Å²) in [6.07, 6.45) is 2.18. The van der Waals surface area contributed by atoms with E-state index in [1.54, 1.807) is 12.1 Å². The third kappa shape index (κ3) is 7.75. The molecule has 0 spiro atoms. The van der Waals surface area contributed by atoms with Gasteiger partial charge in [-0.2, -0.15) is 0 Å². The number of rotatable bonds is 7. The maximum Gasteiger partial charge on any atom is 0.328 e. The van der Waals surface area contributed by atoms with Gasteiger partial charge in [-0.1, -0.05) is 36.4 Å². The average Bonchev–Trinajstić information content (AvgIpc) is 2.78. The van der Waals surface area contributed by atoms with E-state index in [4.69, 9.17) is 19.7 Å². The van der Waals surface area contributed by atoms with Crippen LogP contribution in [0, 0.1) is 11.7 Å². The minimum absolute atomic E-state index is 0.201. The van der Waals surface area contributed by atoms with Crippen LogP contribution < -0.4 is 14.8 Å². The van der Waals surface area contributed by atoms with Crippen LogP contribution in [0.4, 0.5) is 4.39 Å². The van der Waals surface area contributed by atoms with Crippen molar-refractivity contribution < 1.29 is 33.7 Å². The second-order valence-electron chi connectivity index (χ2n) is 6.86. The minimum atomic E-state index is -1.26. The van der Waals surface area contributed by atoms with Crippen LogP contribution >= 0.6 is 0 Å². The summed E-state index contributed by atoms with van der Waals surface area (Å²) >= 11 is 0. The summed E-state index contributed by atoms with van der Waals surface area (Å²) in [5, 5.41) is 19.0. The Morgan fingerprint density at radius 1 is 1.10 bits per heavy atom. The third-order valence-corrected chi connectivity index (χ3v) is 4.80. The van der Waals surface area contributed by atoms with Crippen molar-refractivity contribution >= 4 is 11.9 Å². The average molecular weight is 431 g/mol. The number of aliphatic carboxylic acids is 2. The molecule has 0 aromatic heterocycles. The minimum Gasteiger partial charge on any atom is -0.493 e. The number of para-hydroxylation sites is 1. The van der Waals surface area contributed by atoms with Crippen molar-refractivity contribution in [1.29, 1.82) is 0 Å². The molecule has 0 unspecified atom stereocenters. The highest BCUT2D eigenvalue weighted by atomic mass is 19.1. The molecular weight excluding hydrogens is 405 g/mol. The van der Waals surface area contributed by atoms with E-state index in [9.17, 15) is 14.0 Å². The molecule has 31 heavy (non-hydrogen) atoms. The van der Waals surface area contributed by atoms with Crippen molar-refractivity contribution in [3.05, 3.63) is 72.1 Å². The lowest BCUT2D eigenvalue weighted by molar-refractivity contribution is -0.134. The first kappa shape index (κ1) is 23.9. The number of hydrogen-bond donors (Lipinski definition) is 3. The second kappa shape index (κ2) is 12.3. The molecule has 0 bridgehead atoms. The molecule has 1 heterocycles. The van der Waals surface area contributed by atoms with E-state index in [-0.39, 0.29) is 11.6 Å². The number of carbonyl (C=O) groups is 2. The van der Waals surface area contributed by atoms with Crippen molar-refractivity contribution in [3.8, 4) is 11.5 Å². The van der Waals surface area contributed by atoms with Gasteiger partial charge >= 0.3 is 11.9 Å². The van der Waals surface area contributed by atoms with Gasteiger partial charge < -0.3 is 25.0 Å². The Bertz CT molecular complexity index is 871. The molecule has 1 aliphatic heterocycles. The molecule has 1 aliphatic rings. The van der Waals surface area contributed by atoms with Crippen molar-refractivity contribution in [2.75, 3.05) is 26.8 Å². The zero-order chi connectivity index (χ0) is 22.6. The smallest absolute Gasteiger partial charge is 0.328 e. The van der Waals surface area contributed by atoms with Crippen molar-refractivity contribution in [2.45, 2.75) is 12.3 Å². The van der Waals surface area contributed by atoms with Crippen LogP contribution in [0.5, 0.6) is 11.5 Å². The standard InChI is InChI=1S/C19H22FNO2.C4H4O4/c1-22-18-9-5-8-17(20)19(18)23-13-15-12-21-11-10-16(15)14-6-3-2-4-7-14;5-3(6)1-2-4(7)8/h2-9,15-16,21H,10-13H2,1H3;1-2H,(H,5,6)(H,7,8)/b;2-1+/t15-,16-;/m0./s1. The molecule has 0 saturated carbocycles. The number of nitrogens with one attached hydrogen (secondary N) is 1. The van der Waals surface area contributed by atoms with E-state index < -0.39 is 11.9 Å². The van der Waals surface area contributed by atoms with Gasteiger partial charge in [0.1, 0.15) is 0 Å². The molecule has 2 aromatic carbocycles. The normalized spacial score (nSPS) is 18.0. The van der Waals surface area contributed by atoms with Gasteiger partial charge in [0.2, 0.25) is 0 Å². The molecule has 166 valence electrons. The highest BCUT2D eigenvalue weighted by Gasteiger charge is 2.27. The molecule has 0 amide bonds. The lowest BCUT2D eigenvalue weighted by Crippen LogP contribution is -2.38. The Labute approximate surface area is 180 Å². The predicted octanol–water partition coefficient (Wildman–Crippen LogP) is 3.32. The molecule has 0 radical (unpaired) electrons. The Morgan fingerprint density at radius 2 is 1.77 bits per heavy atom. The van der Waals surface area contributed by atoms with Crippen LogP contribution in [0.1, 0.15) is 17.9 Å². The second-order valence-corrected chi connectivity index (χ2v) is 6.86. The summed E-state index contributed by atoms with van der Waals surface area (Å²) in [4.78, 5) is 19.1. The van der Waals surface area contributed by atoms with Gasteiger partial charge in [0.25, 0.3) is 0 Å². The van der Waals surface area contributed by atoms with E-state index in [0.29, 0.717) is 36.3 Å². The molecule has 1 fully saturated rings. The SMILES string of the molecule is COc1cccc(F)c1OC[C@@H]1CNCC[C@H]1c1ccccc1.O=C(O)/C=C/C(=O)O. The van der Waals surface area contributed by atoms with E-state index in [1.165, 1.54) is 18.7 Å². The quantitative estimate of drug-likeness (QED) is 0.578. The Morgan fingerprint density at radius 3 is 2.39 bits per heavy atom. The number of carboxylic acid groups (broad SMARTS) is 2. The number of methoxy groups -OCH3 is 1. The van der Waals surface area contributed by atoms with Gasteiger partial charge in [-0.3, -0.25) is 0 Å². The fraction of sp³-hybridized carbons (Fsp3) is 0.304. The molecule has 8 heteroatoms. The summed E-state index contributed by atoms with van der Waals surface area (Å²) in [7, 11) is 1.52. The maximum absolute atomic E-state index is 14.0. The number of piperidine rings is 1. The first-order valence-corrected chi connectivity index (χ1v) is 9.77. The maximum atomic E-state index is 14.0. The first-order valence-electron chi connectivity index (χ1n) is 9.77. The Hall–Kier alpha value is -3.39. The van der Waals surface area contributed by atoms with Gasteiger partial charge in [0.05, 0.1) is 13.7 Å². The summed E-state index contributed by atoms with van der Waals surface area (Å²) < 4.78 is 25.0. The zero-order valence-corrected chi connectivity index (χ0v) is 17.2. The highest BCUT2D eigenvalue weighted by Crippen LogP contribution is 2.34. The van der Waals surface area contributed by atoms with E-state index in [2.05, 4.69) is 29.6 Å². The van der Waals surface area contributed by atoms with Gasteiger partial charge in [-0.05, 0) is 36.6 Å². The molecule has 2 atom stereocenters. The van der Waals surface area contributed by atoms with Crippen LogP contribution in [0.2, 0.25) is 0 Å². The van der Waals surface area contributed by atoms with Crippen LogP contribution in [0.15, 0.2) is 60.7 Å². The topological polar surface area (TPSA) is 105 Å². The highest BCUT2D eigenvalue weighted by molar-refractivity contribution is 5.89. The molecule has 1 saturated heterocycles. The number of ether oxygens (including phenoxy) is 2. The number of hydrogen-bond acceptors (Lipinski definition) is 5. The van der Waals surface area contributed by atoms with Gasteiger partial charge in [-0.25, -0.2) is 14.0 Å². The van der Waals surface area contributed by atoms with Crippen LogP contribution in [-0.2, 0) is 9.59 Å².